The molecule has 0 unspecified atom stereocenters. The summed E-state index contributed by atoms with van der Waals surface area (Å²) in [6.07, 6.45) is 1.10. The van der Waals surface area contributed by atoms with Crippen LogP contribution >= 0.6 is 11.6 Å². The normalized spacial score (nSPS) is 11.1. The van der Waals surface area contributed by atoms with Crippen molar-refractivity contribution in [3.05, 3.63) is 53.1 Å². The SMILES string of the molecule is COc1cccc(N(CCC(=O)Nc2cccc(Cl)c2C)S(C)(=O)=O)c1. The summed E-state index contributed by atoms with van der Waals surface area (Å²) in [6.45, 7) is 1.81. The minimum absolute atomic E-state index is 0.00374. The van der Waals surface area contributed by atoms with Crippen LogP contribution in [0.2, 0.25) is 5.02 Å². The molecule has 0 heterocycles. The number of hydrogen-bond donors (Lipinski definition) is 1. The molecule has 1 N–H and O–H groups in total. The highest BCUT2D eigenvalue weighted by molar-refractivity contribution is 7.92. The molecular formula is C18H21ClN2O4S. The Morgan fingerprint density at radius 2 is 1.92 bits per heavy atom. The molecule has 0 saturated heterocycles. The van der Waals surface area contributed by atoms with Gasteiger partial charge in [-0.1, -0.05) is 23.7 Å². The first-order valence-corrected chi connectivity index (χ1v) is 10.1. The Morgan fingerprint density at radius 3 is 2.58 bits per heavy atom. The first-order valence-electron chi connectivity index (χ1n) is 7.89. The van der Waals surface area contributed by atoms with Gasteiger partial charge >= 0.3 is 0 Å². The van der Waals surface area contributed by atoms with Crippen LogP contribution in [0.3, 0.4) is 0 Å². The van der Waals surface area contributed by atoms with Gasteiger partial charge < -0.3 is 10.1 Å². The molecule has 0 bridgehead atoms. The zero-order chi connectivity index (χ0) is 19.3. The summed E-state index contributed by atoms with van der Waals surface area (Å²) in [4.78, 5) is 12.3. The molecule has 0 aliphatic heterocycles. The third-order valence-electron chi connectivity index (χ3n) is 3.83. The number of nitrogens with one attached hydrogen (secondary N) is 1. The maximum Gasteiger partial charge on any atom is 0.232 e. The van der Waals surface area contributed by atoms with Crippen molar-refractivity contribution in [3.63, 3.8) is 0 Å². The average molecular weight is 397 g/mol. The van der Waals surface area contributed by atoms with E-state index in [1.165, 1.54) is 11.4 Å². The number of amides is 1. The van der Waals surface area contributed by atoms with Crippen molar-refractivity contribution in [2.24, 2.45) is 0 Å². The van der Waals surface area contributed by atoms with Crippen LogP contribution in [0.1, 0.15) is 12.0 Å². The number of rotatable bonds is 7. The van der Waals surface area contributed by atoms with E-state index in [0.29, 0.717) is 22.1 Å². The molecule has 26 heavy (non-hydrogen) atoms. The summed E-state index contributed by atoms with van der Waals surface area (Å²) in [6, 6.07) is 11.9. The fraction of sp³-hybridized carbons (Fsp3) is 0.278. The highest BCUT2D eigenvalue weighted by atomic mass is 35.5. The molecule has 140 valence electrons. The van der Waals surface area contributed by atoms with E-state index >= 15 is 0 Å². The molecule has 0 aliphatic carbocycles. The Hall–Kier alpha value is -2.25. The minimum Gasteiger partial charge on any atom is -0.497 e. The van der Waals surface area contributed by atoms with E-state index in [1.54, 1.807) is 49.4 Å². The van der Waals surface area contributed by atoms with Gasteiger partial charge in [-0.05, 0) is 36.8 Å². The summed E-state index contributed by atoms with van der Waals surface area (Å²) < 4.78 is 30.6. The van der Waals surface area contributed by atoms with Gasteiger partial charge in [0.1, 0.15) is 5.75 Å². The van der Waals surface area contributed by atoms with E-state index in [9.17, 15) is 13.2 Å². The van der Waals surface area contributed by atoms with Crippen LogP contribution in [-0.4, -0.2) is 34.2 Å². The van der Waals surface area contributed by atoms with E-state index in [4.69, 9.17) is 16.3 Å². The second-order valence-corrected chi connectivity index (χ2v) is 8.06. The molecule has 2 aromatic carbocycles. The van der Waals surface area contributed by atoms with E-state index in [0.717, 1.165) is 11.8 Å². The quantitative estimate of drug-likeness (QED) is 0.777. The fourth-order valence-electron chi connectivity index (χ4n) is 2.41. The number of nitrogens with zero attached hydrogens (tertiary/aromatic N) is 1. The number of anilines is 2. The third kappa shape index (κ3) is 5.12. The second kappa shape index (κ2) is 8.42. The van der Waals surface area contributed by atoms with Gasteiger partial charge in [-0.3, -0.25) is 9.10 Å². The predicted octanol–water partition coefficient (Wildman–Crippen LogP) is 3.45. The molecule has 0 radical (unpaired) electrons. The first kappa shape index (κ1) is 20.1. The zero-order valence-corrected chi connectivity index (χ0v) is 16.4. The van der Waals surface area contributed by atoms with Crippen LogP contribution in [0.5, 0.6) is 5.75 Å². The first-order chi connectivity index (χ1) is 12.2. The van der Waals surface area contributed by atoms with Gasteiger partial charge in [0.25, 0.3) is 0 Å². The molecule has 0 saturated carbocycles. The van der Waals surface area contributed by atoms with Crippen molar-refractivity contribution in [2.45, 2.75) is 13.3 Å². The molecule has 1 amide bonds. The van der Waals surface area contributed by atoms with Crippen molar-refractivity contribution in [1.82, 2.24) is 0 Å². The molecule has 0 fully saturated rings. The molecule has 0 spiro atoms. The van der Waals surface area contributed by atoms with Gasteiger partial charge in [0.05, 0.1) is 19.1 Å². The Kier molecular flexibility index (Phi) is 6.50. The van der Waals surface area contributed by atoms with Gasteiger partial charge in [-0.15, -0.1) is 0 Å². The van der Waals surface area contributed by atoms with Crippen molar-refractivity contribution in [1.29, 1.82) is 0 Å². The molecule has 0 aromatic heterocycles. The maximum absolute atomic E-state index is 12.3. The summed E-state index contributed by atoms with van der Waals surface area (Å²) in [7, 11) is -2.05. The Labute approximate surface area is 158 Å². The molecule has 2 aromatic rings. The minimum atomic E-state index is -3.55. The summed E-state index contributed by atoms with van der Waals surface area (Å²) in [5, 5.41) is 3.32. The van der Waals surface area contributed by atoms with E-state index in [2.05, 4.69) is 5.32 Å². The zero-order valence-electron chi connectivity index (χ0n) is 14.8. The highest BCUT2D eigenvalue weighted by Gasteiger charge is 2.19. The smallest absolute Gasteiger partial charge is 0.232 e. The Morgan fingerprint density at radius 1 is 1.23 bits per heavy atom. The number of methoxy groups -OCH3 is 1. The van der Waals surface area contributed by atoms with Gasteiger partial charge in [0.15, 0.2) is 0 Å². The van der Waals surface area contributed by atoms with Gasteiger partial charge in [-0.25, -0.2) is 8.42 Å². The van der Waals surface area contributed by atoms with Crippen LogP contribution in [-0.2, 0) is 14.8 Å². The fourth-order valence-corrected chi connectivity index (χ4v) is 3.50. The summed E-state index contributed by atoms with van der Waals surface area (Å²) in [5.74, 6) is 0.238. The van der Waals surface area contributed by atoms with Crippen molar-refractivity contribution in [3.8, 4) is 5.75 Å². The number of sulfonamides is 1. The van der Waals surface area contributed by atoms with Crippen molar-refractivity contribution in [2.75, 3.05) is 29.5 Å². The molecule has 8 heteroatoms. The number of benzene rings is 2. The lowest BCUT2D eigenvalue weighted by Gasteiger charge is -2.22. The molecule has 0 aliphatic rings. The second-order valence-electron chi connectivity index (χ2n) is 5.75. The van der Waals surface area contributed by atoms with Crippen LogP contribution in [0.15, 0.2) is 42.5 Å². The summed E-state index contributed by atoms with van der Waals surface area (Å²) >= 11 is 6.04. The molecular weight excluding hydrogens is 376 g/mol. The number of carbonyl (C=O) groups is 1. The summed E-state index contributed by atoms with van der Waals surface area (Å²) in [5.41, 5.74) is 1.81. The van der Waals surface area contributed by atoms with E-state index < -0.39 is 10.0 Å². The largest absolute Gasteiger partial charge is 0.497 e. The van der Waals surface area contributed by atoms with Crippen molar-refractivity contribution >= 4 is 38.9 Å². The van der Waals surface area contributed by atoms with E-state index in [1.807, 2.05) is 0 Å². The number of hydrogen-bond acceptors (Lipinski definition) is 4. The standard InChI is InChI=1S/C18H21ClN2O4S/c1-13-16(19)8-5-9-17(13)20-18(22)10-11-21(26(3,23)24)14-6-4-7-15(12-14)25-2/h4-9,12H,10-11H2,1-3H3,(H,20,22). The van der Waals surface area contributed by atoms with Gasteiger partial charge in [-0.2, -0.15) is 0 Å². The van der Waals surface area contributed by atoms with Gasteiger partial charge in [0.2, 0.25) is 15.9 Å². The Balaban J connectivity index is 2.12. The van der Waals surface area contributed by atoms with Crippen LogP contribution < -0.4 is 14.4 Å². The number of ether oxygens (including phenoxy) is 1. The van der Waals surface area contributed by atoms with Crippen LogP contribution in [0, 0.1) is 6.92 Å². The predicted molar refractivity (Wildman–Crippen MR) is 105 cm³/mol. The monoisotopic (exact) mass is 396 g/mol. The average Bonchev–Trinajstić information content (AvgIpc) is 2.58. The van der Waals surface area contributed by atoms with Gasteiger partial charge in [0, 0.05) is 29.7 Å². The third-order valence-corrected chi connectivity index (χ3v) is 5.43. The maximum atomic E-state index is 12.3. The van der Waals surface area contributed by atoms with Crippen molar-refractivity contribution < 1.29 is 17.9 Å². The van der Waals surface area contributed by atoms with Crippen LogP contribution in [0.25, 0.3) is 0 Å². The van der Waals surface area contributed by atoms with Crippen LogP contribution in [0.4, 0.5) is 11.4 Å². The topological polar surface area (TPSA) is 75.7 Å². The lowest BCUT2D eigenvalue weighted by atomic mass is 10.2. The number of halogens is 1. The number of carbonyl (C=O) groups excluding carboxylic acids is 1. The lowest BCUT2D eigenvalue weighted by Crippen LogP contribution is -2.33. The molecule has 2 rings (SSSR count). The molecule has 0 atom stereocenters. The Bertz CT molecular complexity index is 900. The highest BCUT2D eigenvalue weighted by Crippen LogP contribution is 2.25. The molecule has 6 nitrogen and oxygen atoms in total. The van der Waals surface area contributed by atoms with E-state index in [-0.39, 0.29) is 18.9 Å². The lowest BCUT2D eigenvalue weighted by molar-refractivity contribution is -0.116.